The molecule has 2 aromatic rings. The second-order valence-corrected chi connectivity index (χ2v) is 8.96. The number of halogens is 1. The van der Waals surface area contributed by atoms with Crippen molar-refractivity contribution in [3.8, 4) is 17.0 Å². The molecule has 0 fully saturated rings. The van der Waals surface area contributed by atoms with Crippen molar-refractivity contribution < 1.29 is 19.0 Å². The number of esters is 1. The van der Waals surface area contributed by atoms with Gasteiger partial charge in [-0.05, 0) is 29.5 Å². The molecule has 30 heavy (non-hydrogen) atoms. The number of carbonyl (C=O) groups excluding carboxylic acids is 1. The monoisotopic (exact) mass is 433 g/mol. The van der Waals surface area contributed by atoms with Gasteiger partial charge in [-0.1, -0.05) is 32.4 Å². The summed E-state index contributed by atoms with van der Waals surface area (Å²) in [7, 11) is 2.93. The number of benzene rings is 1. The van der Waals surface area contributed by atoms with Crippen LogP contribution in [0.3, 0.4) is 0 Å². The summed E-state index contributed by atoms with van der Waals surface area (Å²) in [5.41, 5.74) is 2.22. The molecule has 1 aliphatic heterocycles. The third-order valence-electron chi connectivity index (χ3n) is 5.42. The molecule has 7 heteroatoms. The molecule has 3 rings (SSSR count). The van der Waals surface area contributed by atoms with Crippen molar-refractivity contribution in [2.45, 2.75) is 39.7 Å². The van der Waals surface area contributed by atoms with Crippen LogP contribution in [0.1, 0.15) is 49.2 Å². The highest BCUT2D eigenvalue weighted by atomic mass is 35.5. The Morgan fingerprint density at radius 2 is 1.93 bits per heavy atom. The van der Waals surface area contributed by atoms with E-state index in [9.17, 15) is 9.59 Å². The van der Waals surface area contributed by atoms with E-state index in [0.717, 1.165) is 29.7 Å². The summed E-state index contributed by atoms with van der Waals surface area (Å²) in [5, 5.41) is 0.483. The molecule has 0 amide bonds. The number of nitrogens with zero attached hydrogens (tertiary/aromatic N) is 1. The zero-order valence-electron chi connectivity index (χ0n) is 18.1. The Bertz CT molecular complexity index is 1010. The lowest BCUT2D eigenvalue weighted by molar-refractivity contribution is 0.0597. The molecule has 1 aliphatic rings. The van der Waals surface area contributed by atoms with Crippen molar-refractivity contribution in [3.05, 3.63) is 50.8 Å². The van der Waals surface area contributed by atoms with Gasteiger partial charge in [0.15, 0.2) is 5.43 Å². The van der Waals surface area contributed by atoms with Crippen molar-refractivity contribution in [1.29, 1.82) is 0 Å². The van der Waals surface area contributed by atoms with Gasteiger partial charge in [0.05, 0.1) is 24.4 Å². The van der Waals surface area contributed by atoms with Crippen LogP contribution in [0.5, 0.6) is 5.75 Å². The molecule has 2 heterocycles. The van der Waals surface area contributed by atoms with Gasteiger partial charge in [-0.2, -0.15) is 0 Å². The standard InChI is InChI=1S/C23H28ClNO5/c1-23(2,3)21-10-14-9-20(30-8-6-7-28-4)17(24)11-15(14)18-12-19(26)16(13-25(18)21)22(27)29-5/h9,11-13,21H,6-8,10H2,1-5H3. The summed E-state index contributed by atoms with van der Waals surface area (Å²) in [4.78, 5) is 24.7. The summed E-state index contributed by atoms with van der Waals surface area (Å²) >= 11 is 6.49. The van der Waals surface area contributed by atoms with Crippen molar-refractivity contribution >= 4 is 17.6 Å². The fourth-order valence-electron chi connectivity index (χ4n) is 3.82. The Balaban J connectivity index is 2.11. The maximum absolute atomic E-state index is 12.6. The van der Waals surface area contributed by atoms with Gasteiger partial charge in [-0.25, -0.2) is 4.79 Å². The van der Waals surface area contributed by atoms with Gasteiger partial charge in [0.25, 0.3) is 0 Å². The molecule has 0 N–H and O–H groups in total. The maximum atomic E-state index is 12.6. The number of hydrogen-bond donors (Lipinski definition) is 0. The molecule has 0 aliphatic carbocycles. The molecular weight excluding hydrogens is 406 g/mol. The fraction of sp³-hybridized carbons (Fsp3) is 0.478. The Labute approximate surface area is 181 Å². The molecular formula is C23H28ClNO5. The molecule has 6 nitrogen and oxygen atoms in total. The van der Waals surface area contributed by atoms with Gasteiger partial charge in [0.2, 0.25) is 0 Å². The Morgan fingerprint density at radius 1 is 1.20 bits per heavy atom. The highest BCUT2D eigenvalue weighted by Gasteiger charge is 2.34. The lowest BCUT2D eigenvalue weighted by Gasteiger charge is -2.39. The van der Waals surface area contributed by atoms with Crippen molar-refractivity contribution in [2.24, 2.45) is 5.41 Å². The van der Waals surface area contributed by atoms with E-state index in [1.54, 1.807) is 13.3 Å². The smallest absolute Gasteiger partial charge is 0.343 e. The average molecular weight is 434 g/mol. The topological polar surface area (TPSA) is 66.8 Å². The molecule has 0 saturated carbocycles. The fourth-order valence-corrected chi connectivity index (χ4v) is 4.03. The number of aromatic nitrogens is 1. The Hall–Kier alpha value is -2.31. The SMILES string of the molecule is COCCCOc1cc2c(cc1Cl)-c1cc(=O)c(C(=O)OC)cn1C(C(C)(C)C)C2. The van der Waals surface area contributed by atoms with Crippen LogP contribution in [-0.4, -0.2) is 38.0 Å². The summed E-state index contributed by atoms with van der Waals surface area (Å²) in [6.07, 6.45) is 3.11. The third kappa shape index (κ3) is 4.40. The minimum absolute atomic E-state index is 0.0307. The Morgan fingerprint density at radius 3 is 2.57 bits per heavy atom. The minimum atomic E-state index is -0.633. The maximum Gasteiger partial charge on any atom is 0.343 e. The zero-order chi connectivity index (χ0) is 22.1. The van der Waals surface area contributed by atoms with Gasteiger partial charge in [0.1, 0.15) is 11.3 Å². The van der Waals surface area contributed by atoms with Crippen LogP contribution in [0, 0.1) is 5.41 Å². The largest absolute Gasteiger partial charge is 0.492 e. The number of fused-ring (bicyclic) bond motifs is 3. The van der Waals surface area contributed by atoms with Gasteiger partial charge in [0, 0.05) is 44.0 Å². The summed E-state index contributed by atoms with van der Waals surface area (Å²) < 4.78 is 17.7. The number of ether oxygens (including phenoxy) is 3. The number of rotatable bonds is 6. The van der Waals surface area contributed by atoms with Crippen molar-refractivity contribution in [2.75, 3.05) is 27.4 Å². The minimum Gasteiger partial charge on any atom is -0.492 e. The predicted octanol–water partition coefficient (Wildman–Crippen LogP) is 4.51. The summed E-state index contributed by atoms with van der Waals surface area (Å²) in [6, 6.07) is 5.33. The van der Waals surface area contributed by atoms with Crippen LogP contribution in [-0.2, 0) is 15.9 Å². The first-order chi connectivity index (χ1) is 14.2. The van der Waals surface area contributed by atoms with E-state index in [1.165, 1.54) is 13.2 Å². The number of hydrogen-bond acceptors (Lipinski definition) is 5. The van der Waals surface area contributed by atoms with E-state index in [-0.39, 0.29) is 22.4 Å². The summed E-state index contributed by atoms with van der Waals surface area (Å²) in [6.45, 7) is 7.54. The average Bonchev–Trinajstić information content (AvgIpc) is 2.69. The lowest BCUT2D eigenvalue weighted by Crippen LogP contribution is -2.33. The highest BCUT2D eigenvalue weighted by Crippen LogP contribution is 2.45. The molecule has 1 aromatic carbocycles. The van der Waals surface area contributed by atoms with E-state index >= 15 is 0 Å². The van der Waals surface area contributed by atoms with E-state index in [4.69, 9.17) is 25.8 Å². The van der Waals surface area contributed by atoms with Crippen LogP contribution >= 0.6 is 11.6 Å². The zero-order valence-corrected chi connectivity index (χ0v) is 18.8. The van der Waals surface area contributed by atoms with Crippen LogP contribution < -0.4 is 10.2 Å². The van der Waals surface area contributed by atoms with Crippen molar-refractivity contribution in [1.82, 2.24) is 4.57 Å². The lowest BCUT2D eigenvalue weighted by atomic mass is 9.79. The highest BCUT2D eigenvalue weighted by molar-refractivity contribution is 6.32. The van der Waals surface area contributed by atoms with Crippen LogP contribution in [0.4, 0.5) is 0 Å². The molecule has 0 spiro atoms. The molecule has 162 valence electrons. The van der Waals surface area contributed by atoms with Crippen molar-refractivity contribution in [3.63, 3.8) is 0 Å². The van der Waals surface area contributed by atoms with E-state index in [2.05, 4.69) is 20.8 Å². The number of methoxy groups -OCH3 is 2. The molecule has 1 unspecified atom stereocenters. The van der Waals surface area contributed by atoms with Gasteiger partial charge >= 0.3 is 5.97 Å². The molecule has 0 bridgehead atoms. The van der Waals surface area contributed by atoms with E-state index in [0.29, 0.717) is 24.0 Å². The normalized spacial score (nSPS) is 15.3. The quantitative estimate of drug-likeness (QED) is 0.495. The molecule has 1 aromatic heterocycles. The van der Waals surface area contributed by atoms with Gasteiger partial charge < -0.3 is 18.8 Å². The second-order valence-electron chi connectivity index (χ2n) is 8.56. The van der Waals surface area contributed by atoms with Crippen LogP contribution in [0.15, 0.2) is 29.2 Å². The molecule has 0 radical (unpaired) electrons. The first kappa shape index (κ1) is 22.4. The molecule has 1 atom stereocenters. The number of pyridine rings is 1. The molecule has 0 saturated heterocycles. The third-order valence-corrected chi connectivity index (χ3v) is 5.71. The predicted molar refractivity (Wildman–Crippen MR) is 117 cm³/mol. The van der Waals surface area contributed by atoms with Gasteiger partial charge in [-0.3, -0.25) is 4.79 Å². The Kier molecular flexibility index (Phi) is 6.58. The van der Waals surface area contributed by atoms with Crippen LogP contribution in [0.2, 0.25) is 5.02 Å². The summed E-state index contributed by atoms with van der Waals surface area (Å²) in [5.74, 6) is -0.00671. The van der Waals surface area contributed by atoms with Crippen LogP contribution in [0.25, 0.3) is 11.3 Å². The van der Waals surface area contributed by atoms with E-state index in [1.807, 2.05) is 16.7 Å². The number of carbonyl (C=O) groups is 1. The van der Waals surface area contributed by atoms with E-state index < -0.39 is 5.97 Å². The second kappa shape index (κ2) is 8.82. The van der Waals surface area contributed by atoms with Gasteiger partial charge in [-0.15, -0.1) is 0 Å². The first-order valence-corrected chi connectivity index (χ1v) is 10.3. The first-order valence-electron chi connectivity index (χ1n) is 9.96.